The Labute approximate surface area is 131 Å². The third-order valence-corrected chi connectivity index (χ3v) is 5.38. The summed E-state index contributed by atoms with van der Waals surface area (Å²) in [5, 5.41) is 3.58. The summed E-state index contributed by atoms with van der Waals surface area (Å²) >= 11 is 7.16. The van der Waals surface area contributed by atoms with Gasteiger partial charge in [0.1, 0.15) is 5.82 Å². The van der Waals surface area contributed by atoms with Crippen molar-refractivity contribution < 1.29 is 0 Å². The van der Waals surface area contributed by atoms with Gasteiger partial charge in [-0.2, -0.15) is 0 Å². The van der Waals surface area contributed by atoms with Crippen molar-refractivity contribution in [2.75, 3.05) is 24.5 Å². The van der Waals surface area contributed by atoms with Crippen LogP contribution in [0.3, 0.4) is 0 Å². The molecular formula is C14H19Br2N3. The SMILES string of the molecule is Brc1cnc(N2CCNCC23CCCCC3)c(Br)c1. The second kappa shape index (κ2) is 5.70. The Kier molecular flexibility index (Phi) is 4.15. The van der Waals surface area contributed by atoms with Crippen molar-refractivity contribution in [3.8, 4) is 0 Å². The van der Waals surface area contributed by atoms with E-state index in [1.165, 1.54) is 32.1 Å². The molecule has 104 valence electrons. The van der Waals surface area contributed by atoms with Crippen LogP contribution in [0.2, 0.25) is 0 Å². The molecular weight excluding hydrogens is 370 g/mol. The average Bonchev–Trinajstić information content (AvgIpc) is 2.41. The molecule has 1 N–H and O–H groups in total. The Bertz CT molecular complexity index is 450. The summed E-state index contributed by atoms with van der Waals surface area (Å²) in [6, 6.07) is 2.10. The van der Waals surface area contributed by atoms with E-state index in [0.29, 0.717) is 0 Å². The van der Waals surface area contributed by atoms with Crippen molar-refractivity contribution in [2.24, 2.45) is 0 Å². The maximum absolute atomic E-state index is 4.66. The van der Waals surface area contributed by atoms with E-state index in [4.69, 9.17) is 0 Å². The molecule has 3 nitrogen and oxygen atoms in total. The van der Waals surface area contributed by atoms with Crippen LogP contribution in [0, 0.1) is 0 Å². The lowest BCUT2D eigenvalue weighted by Gasteiger charge is -2.50. The molecule has 0 amide bonds. The molecule has 1 saturated carbocycles. The van der Waals surface area contributed by atoms with Gasteiger partial charge < -0.3 is 10.2 Å². The number of hydrogen-bond acceptors (Lipinski definition) is 3. The number of aromatic nitrogens is 1. The van der Waals surface area contributed by atoms with Crippen LogP contribution in [0.15, 0.2) is 21.2 Å². The summed E-state index contributed by atoms with van der Waals surface area (Å²) in [5.74, 6) is 1.10. The standard InChI is InChI=1S/C14H19Br2N3/c15-11-8-12(16)13(18-9-11)19-7-6-17-10-14(19)4-2-1-3-5-14/h8-9,17H,1-7,10H2. The zero-order chi connectivity index (χ0) is 13.3. The van der Waals surface area contributed by atoms with Gasteiger partial charge in [0.25, 0.3) is 0 Å². The van der Waals surface area contributed by atoms with Crippen molar-refractivity contribution in [1.29, 1.82) is 0 Å². The minimum Gasteiger partial charge on any atom is -0.347 e. The maximum Gasteiger partial charge on any atom is 0.143 e. The third-order valence-electron chi connectivity index (χ3n) is 4.37. The van der Waals surface area contributed by atoms with Crippen molar-refractivity contribution in [1.82, 2.24) is 10.3 Å². The zero-order valence-corrected chi connectivity index (χ0v) is 14.1. The molecule has 0 bridgehead atoms. The normalized spacial score (nSPS) is 22.7. The Morgan fingerprint density at radius 2 is 2.00 bits per heavy atom. The predicted molar refractivity (Wildman–Crippen MR) is 85.7 cm³/mol. The van der Waals surface area contributed by atoms with Crippen LogP contribution in [0.25, 0.3) is 0 Å². The maximum atomic E-state index is 4.66. The first-order chi connectivity index (χ1) is 9.21. The average molecular weight is 389 g/mol. The molecule has 0 atom stereocenters. The molecule has 1 aromatic heterocycles. The minimum absolute atomic E-state index is 0.278. The van der Waals surface area contributed by atoms with Gasteiger partial charge in [-0.3, -0.25) is 0 Å². The molecule has 5 heteroatoms. The second-order valence-corrected chi connectivity index (χ2v) is 7.34. The van der Waals surface area contributed by atoms with E-state index in [0.717, 1.165) is 34.4 Å². The molecule has 3 rings (SSSR count). The Balaban J connectivity index is 1.95. The molecule has 2 fully saturated rings. The highest BCUT2D eigenvalue weighted by Gasteiger charge is 2.40. The first kappa shape index (κ1) is 13.8. The van der Waals surface area contributed by atoms with Crippen LogP contribution in [0.1, 0.15) is 32.1 Å². The van der Waals surface area contributed by atoms with E-state index < -0.39 is 0 Å². The summed E-state index contributed by atoms with van der Waals surface area (Å²) in [6.45, 7) is 3.19. The largest absolute Gasteiger partial charge is 0.347 e. The summed E-state index contributed by atoms with van der Waals surface area (Å²) in [5.41, 5.74) is 0.278. The van der Waals surface area contributed by atoms with Gasteiger partial charge >= 0.3 is 0 Å². The van der Waals surface area contributed by atoms with Gasteiger partial charge in [-0.15, -0.1) is 0 Å². The van der Waals surface area contributed by atoms with Gasteiger partial charge in [0, 0.05) is 30.3 Å². The smallest absolute Gasteiger partial charge is 0.143 e. The molecule has 19 heavy (non-hydrogen) atoms. The number of piperazine rings is 1. The van der Waals surface area contributed by atoms with Crippen LogP contribution in [0.4, 0.5) is 5.82 Å². The van der Waals surface area contributed by atoms with E-state index >= 15 is 0 Å². The number of pyridine rings is 1. The fourth-order valence-corrected chi connectivity index (χ4v) is 4.64. The number of anilines is 1. The van der Waals surface area contributed by atoms with Crippen LogP contribution in [-0.4, -0.2) is 30.2 Å². The van der Waals surface area contributed by atoms with Gasteiger partial charge in [-0.25, -0.2) is 4.98 Å². The van der Waals surface area contributed by atoms with Crippen molar-refractivity contribution in [2.45, 2.75) is 37.6 Å². The van der Waals surface area contributed by atoms with E-state index in [9.17, 15) is 0 Å². The van der Waals surface area contributed by atoms with Crippen molar-refractivity contribution in [3.05, 3.63) is 21.2 Å². The van der Waals surface area contributed by atoms with Crippen molar-refractivity contribution in [3.63, 3.8) is 0 Å². The summed E-state index contributed by atoms with van der Waals surface area (Å²) in [4.78, 5) is 7.20. The number of rotatable bonds is 1. The summed E-state index contributed by atoms with van der Waals surface area (Å²) < 4.78 is 2.12. The molecule has 2 heterocycles. The van der Waals surface area contributed by atoms with Gasteiger partial charge in [0.15, 0.2) is 0 Å². The van der Waals surface area contributed by atoms with Gasteiger partial charge in [-0.1, -0.05) is 19.3 Å². The fraction of sp³-hybridized carbons (Fsp3) is 0.643. The first-order valence-corrected chi connectivity index (χ1v) is 8.59. The Hall–Kier alpha value is -0.130. The molecule has 0 radical (unpaired) electrons. The number of nitrogens with one attached hydrogen (secondary N) is 1. The summed E-state index contributed by atoms with van der Waals surface area (Å²) in [7, 11) is 0. The van der Waals surface area contributed by atoms with Crippen LogP contribution in [-0.2, 0) is 0 Å². The highest BCUT2D eigenvalue weighted by Crippen LogP contribution is 2.39. The predicted octanol–water partition coefficient (Wildman–Crippen LogP) is 3.72. The van der Waals surface area contributed by atoms with E-state index in [2.05, 4.69) is 53.1 Å². The molecule has 1 aliphatic carbocycles. The van der Waals surface area contributed by atoms with Crippen LogP contribution in [0.5, 0.6) is 0 Å². The highest BCUT2D eigenvalue weighted by atomic mass is 79.9. The molecule has 0 unspecified atom stereocenters. The fourth-order valence-electron chi connectivity index (χ4n) is 3.44. The first-order valence-electron chi connectivity index (χ1n) is 7.01. The van der Waals surface area contributed by atoms with Crippen molar-refractivity contribution >= 4 is 37.7 Å². The van der Waals surface area contributed by atoms with E-state index in [1.54, 1.807) is 0 Å². The van der Waals surface area contributed by atoms with Gasteiger partial charge in [0.05, 0.1) is 10.0 Å². The molecule has 1 aromatic rings. The molecule has 2 aliphatic rings. The van der Waals surface area contributed by atoms with E-state index in [1.807, 2.05) is 6.20 Å². The number of halogens is 2. The molecule has 0 aromatic carbocycles. The quantitative estimate of drug-likeness (QED) is 0.794. The lowest BCUT2D eigenvalue weighted by Crippen LogP contribution is -2.62. The lowest BCUT2D eigenvalue weighted by atomic mass is 9.79. The zero-order valence-electron chi connectivity index (χ0n) is 11.0. The Morgan fingerprint density at radius 1 is 1.21 bits per heavy atom. The lowest BCUT2D eigenvalue weighted by molar-refractivity contribution is 0.239. The minimum atomic E-state index is 0.278. The molecule has 1 spiro atoms. The monoisotopic (exact) mass is 387 g/mol. The topological polar surface area (TPSA) is 28.2 Å². The van der Waals surface area contributed by atoms with Gasteiger partial charge in [0.2, 0.25) is 0 Å². The van der Waals surface area contributed by atoms with Gasteiger partial charge in [-0.05, 0) is 50.8 Å². The van der Waals surface area contributed by atoms with Crippen LogP contribution < -0.4 is 10.2 Å². The van der Waals surface area contributed by atoms with E-state index in [-0.39, 0.29) is 5.54 Å². The molecule has 1 saturated heterocycles. The highest BCUT2D eigenvalue weighted by molar-refractivity contribution is 9.11. The number of nitrogens with zero attached hydrogens (tertiary/aromatic N) is 2. The second-order valence-electron chi connectivity index (χ2n) is 5.57. The molecule has 1 aliphatic heterocycles. The number of hydrogen-bond donors (Lipinski definition) is 1. The Morgan fingerprint density at radius 3 is 2.74 bits per heavy atom. The van der Waals surface area contributed by atoms with Crippen LogP contribution >= 0.6 is 31.9 Å². The third kappa shape index (κ3) is 2.69. The summed E-state index contributed by atoms with van der Waals surface area (Å²) in [6.07, 6.45) is 8.52.